The van der Waals surface area contributed by atoms with Gasteiger partial charge in [-0.1, -0.05) is 5.11 Å². The first-order valence-corrected chi connectivity index (χ1v) is 7.10. The Hall–Kier alpha value is -2.10. The van der Waals surface area contributed by atoms with Crippen LogP contribution in [0.4, 0.5) is 0 Å². The largest absolute Gasteiger partial charge is 0.477 e. The lowest BCUT2D eigenvalue weighted by Gasteiger charge is -2.48. The van der Waals surface area contributed by atoms with Gasteiger partial charge in [-0.2, -0.15) is 0 Å². The third-order valence-electron chi connectivity index (χ3n) is 3.09. The number of aliphatic carboxylic acids is 1. The molecule has 2 heterocycles. The summed E-state index contributed by atoms with van der Waals surface area (Å²) < 4.78 is 28.9. The van der Waals surface area contributed by atoms with E-state index in [1.807, 2.05) is 0 Å². The van der Waals surface area contributed by atoms with Crippen LogP contribution >= 0.6 is 0 Å². The fourth-order valence-electron chi connectivity index (χ4n) is 2.30. The Morgan fingerprint density at radius 1 is 1.65 bits per heavy atom. The van der Waals surface area contributed by atoms with Crippen molar-refractivity contribution in [3.63, 3.8) is 0 Å². The molecule has 0 aromatic carbocycles. The summed E-state index contributed by atoms with van der Waals surface area (Å²) in [7, 11) is -2.61. The van der Waals surface area contributed by atoms with Gasteiger partial charge >= 0.3 is 5.97 Å². The summed E-state index contributed by atoms with van der Waals surface area (Å²) in [6.45, 7) is -0.425. The van der Waals surface area contributed by atoms with Crippen LogP contribution < -0.4 is 0 Å². The highest BCUT2D eigenvalue weighted by atomic mass is 32.2. The fraction of sp³-hybridized carbons (Fsp3) is 0.556. The van der Waals surface area contributed by atoms with Gasteiger partial charge in [-0.05, 0) is 11.1 Å². The van der Waals surface area contributed by atoms with Gasteiger partial charge in [0.05, 0.1) is 12.3 Å². The van der Waals surface area contributed by atoms with Gasteiger partial charge in [0.25, 0.3) is 5.91 Å². The number of nitrogens with zero attached hydrogens (tertiary/aromatic N) is 4. The normalized spacial score (nSPS) is 27.4. The minimum Gasteiger partial charge on any atom is -0.477 e. The predicted octanol–water partition coefficient (Wildman–Crippen LogP) is -0.753. The molecular weight excluding hydrogens is 292 g/mol. The topological polar surface area (TPSA) is 150 Å². The Morgan fingerprint density at radius 3 is 2.80 bits per heavy atom. The molecule has 1 saturated heterocycles. The standard InChI is InChI=1S/C9H10N4O6S/c1-19-6-7(14)13-5(9(15)16)4(2-11-12-10)3-20(17,18)8(6)13/h6,8H,2-3H2,1H3,(H,15,16)/t6-,8-/m0/s1. The molecule has 0 aliphatic carbocycles. The smallest absolute Gasteiger partial charge is 0.352 e. The molecule has 0 aromatic rings. The molecule has 2 aliphatic rings. The molecule has 1 fully saturated rings. The van der Waals surface area contributed by atoms with E-state index in [0.29, 0.717) is 4.90 Å². The average Bonchev–Trinajstić information content (AvgIpc) is 2.36. The number of β-lactam (4-membered cyclic amide) rings is 1. The monoisotopic (exact) mass is 302 g/mol. The number of sulfone groups is 1. The minimum atomic E-state index is -3.79. The minimum absolute atomic E-state index is 0.116. The van der Waals surface area contributed by atoms with Crippen molar-refractivity contribution in [2.75, 3.05) is 19.4 Å². The van der Waals surface area contributed by atoms with Crippen molar-refractivity contribution >= 4 is 21.7 Å². The van der Waals surface area contributed by atoms with Gasteiger partial charge < -0.3 is 9.84 Å². The number of carbonyl (C=O) groups excluding carboxylic acids is 1. The average molecular weight is 302 g/mol. The summed E-state index contributed by atoms with van der Waals surface area (Å²) in [5.74, 6) is -2.77. The second-order valence-electron chi connectivity index (χ2n) is 4.21. The lowest BCUT2D eigenvalue weighted by Crippen LogP contribution is -2.70. The first kappa shape index (κ1) is 14.3. The van der Waals surface area contributed by atoms with Crippen LogP contribution in [0.1, 0.15) is 0 Å². The van der Waals surface area contributed by atoms with Crippen LogP contribution in [-0.4, -0.2) is 61.2 Å². The van der Waals surface area contributed by atoms with Crippen LogP contribution in [0.25, 0.3) is 10.4 Å². The van der Waals surface area contributed by atoms with Gasteiger partial charge in [-0.25, -0.2) is 13.2 Å². The number of methoxy groups -OCH3 is 1. The first-order valence-electron chi connectivity index (χ1n) is 5.38. The molecule has 0 radical (unpaired) electrons. The number of ether oxygens (including phenoxy) is 1. The summed E-state index contributed by atoms with van der Waals surface area (Å²) in [4.78, 5) is 26.2. The Labute approximate surface area is 113 Å². The summed E-state index contributed by atoms with van der Waals surface area (Å²) in [6, 6.07) is 0. The number of carbonyl (C=O) groups is 2. The highest BCUT2D eigenvalue weighted by molar-refractivity contribution is 7.92. The number of hydrogen-bond acceptors (Lipinski definition) is 6. The highest BCUT2D eigenvalue weighted by Gasteiger charge is 2.60. The Kier molecular flexibility index (Phi) is 3.42. The van der Waals surface area contributed by atoms with Crippen LogP contribution in [0.3, 0.4) is 0 Å². The van der Waals surface area contributed by atoms with Crippen LogP contribution in [0.2, 0.25) is 0 Å². The maximum atomic E-state index is 12.1. The highest BCUT2D eigenvalue weighted by Crippen LogP contribution is 2.37. The van der Waals surface area contributed by atoms with E-state index in [0.717, 1.165) is 0 Å². The Bertz CT molecular complexity index is 662. The number of fused-ring (bicyclic) bond motifs is 1. The van der Waals surface area contributed by atoms with E-state index in [1.54, 1.807) is 0 Å². The quantitative estimate of drug-likeness (QED) is 0.312. The van der Waals surface area contributed by atoms with E-state index < -0.39 is 51.2 Å². The summed E-state index contributed by atoms with van der Waals surface area (Å²) in [5.41, 5.74) is 7.69. The third-order valence-corrected chi connectivity index (χ3v) is 5.04. The molecule has 1 amide bonds. The molecule has 11 heteroatoms. The second kappa shape index (κ2) is 4.78. The molecule has 0 unspecified atom stereocenters. The van der Waals surface area contributed by atoms with Gasteiger partial charge in [-0.15, -0.1) is 0 Å². The molecule has 0 saturated carbocycles. The van der Waals surface area contributed by atoms with Crippen LogP contribution in [-0.2, 0) is 24.2 Å². The molecule has 20 heavy (non-hydrogen) atoms. The lowest BCUT2D eigenvalue weighted by atomic mass is 10.1. The van der Waals surface area contributed by atoms with Gasteiger partial charge in [0.2, 0.25) is 0 Å². The summed E-state index contributed by atoms with van der Waals surface area (Å²) in [5, 5.41) is 11.0. The Balaban J connectivity index is 2.55. The second-order valence-corrected chi connectivity index (χ2v) is 6.31. The number of amides is 1. The van der Waals surface area contributed by atoms with Crippen molar-refractivity contribution in [2.45, 2.75) is 11.5 Å². The summed E-state index contributed by atoms with van der Waals surface area (Å²) >= 11 is 0. The van der Waals surface area contributed by atoms with E-state index >= 15 is 0 Å². The van der Waals surface area contributed by atoms with Crippen molar-refractivity contribution in [2.24, 2.45) is 5.11 Å². The molecular formula is C9H10N4O6S. The maximum absolute atomic E-state index is 12.1. The number of hydrogen-bond donors (Lipinski definition) is 1. The Morgan fingerprint density at radius 2 is 2.30 bits per heavy atom. The van der Waals surface area contributed by atoms with E-state index in [9.17, 15) is 18.0 Å². The molecule has 0 bridgehead atoms. The number of azide groups is 1. The van der Waals surface area contributed by atoms with Gasteiger partial charge in [0.15, 0.2) is 21.3 Å². The van der Waals surface area contributed by atoms with Gasteiger partial charge in [0, 0.05) is 12.0 Å². The van der Waals surface area contributed by atoms with E-state index in [-0.39, 0.29) is 5.57 Å². The lowest BCUT2D eigenvalue weighted by molar-refractivity contribution is -0.162. The van der Waals surface area contributed by atoms with Crippen LogP contribution in [0.5, 0.6) is 0 Å². The molecule has 2 aliphatic heterocycles. The van der Waals surface area contributed by atoms with Crippen LogP contribution in [0, 0.1) is 0 Å². The zero-order chi connectivity index (χ0) is 15.1. The van der Waals surface area contributed by atoms with Crippen molar-refractivity contribution < 1.29 is 27.9 Å². The number of carboxylic acid groups (broad SMARTS) is 1. The van der Waals surface area contributed by atoms with Crippen LogP contribution in [0.15, 0.2) is 16.4 Å². The predicted molar refractivity (Wildman–Crippen MR) is 63.9 cm³/mol. The summed E-state index contributed by atoms with van der Waals surface area (Å²) in [6.07, 6.45) is -1.20. The molecule has 1 N–H and O–H groups in total. The number of rotatable bonds is 4. The zero-order valence-corrected chi connectivity index (χ0v) is 11.1. The molecule has 0 spiro atoms. The fourth-order valence-corrected chi connectivity index (χ4v) is 4.32. The molecule has 0 aromatic heterocycles. The van der Waals surface area contributed by atoms with E-state index in [4.69, 9.17) is 15.4 Å². The molecule has 108 valence electrons. The van der Waals surface area contributed by atoms with Crippen molar-refractivity contribution in [3.8, 4) is 0 Å². The SMILES string of the molecule is CO[C@H]1C(=O)N2C(C(=O)O)=C(CN=[N+]=[N-])CS(=O)(=O)[C@@H]12. The maximum Gasteiger partial charge on any atom is 0.352 e. The van der Waals surface area contributed by atoms with Crippen molar-refractivity contribution in [1.82, 2.24) is 4.90 Å². The van der Waals surface area contributed by atoms with Crippen molar-refractivity contribution in [1.29, 1.82) is 0 Å². The third kappa shape index (κ3) is 1.92. The zero-order valence-electron chi connectivity index (χ0n) is 10.3. The number of carboxylic acids is 1. The molecule has 10 nitrogen and oxygen atoms in total. The van der Waals surface area contributed by atoms with Gasteiger partial charge in [0.1, 0.15) is 5.70 Å². The molecule has 2 rings (SSSR count). The van der Waals surface area contributed by atoms with Crippen molar-refractivity contribution in [3.05, 3.63) is 21.7 Å². The van der Waals surface area contributed by atoms with E-state index in [2.05, 4.69) is 10.0 Å². The van der Waals surface area contributed by atoms with Gasteiger partial charge in [-0.3, -0.25) is 9.69 Å². The van der Waals surface area contributed by atoms with E-state index in [1.165, 1.54) is 7.11 Å². The first-order chi connectivity index (χ1) is 9.35. The molecule has 2 atom stereocenters.